The molecule has 0 aliphatic carbocycles. The van der Waals surface area contributed by atoms with Gasteiger partial charge in [0.1, 0.15) is 11.8 Å². The number of anilines is 2. The molecule has 1 fully saturated rings. The van der Waals surface area contributed by atoms with Gasteiger partial charge in [0.2, 0.25) is 27.7 Å². The van der Waals surface area contributed by atoms with Gasteiger partial charge in [-0.3, -0.25) is 28.7 Å². The molecule has 2 aliphatic heterocycles. The third kappa shape index (κ3) is 5.11. The molecular weight excluding hydrogens is 666 g/mol. The van der Waals surface area contributed by atoms with E-state index in [0.29, 0.717) is 26.8 Å². The molecule has 0 bridgehead atoms. The summed E-state index contributed by atoms with van der Waals surface area (Å²) in [4.78, 5) is 59.3. The number of pyridine rings is 1. The Bertz CT molecular complexity index is 1890. The van der Waals surface area contributed by atoms with Crippen molar-refractivity contribution in [2.75, 3.05) is 10.2 Å². The van der Waals surface area contributed by atoms with Gasteiger partial charge in [-0.2, -0.15) is 0 Å². The Kier molecular flexibility index (Phi) is 7.39. The van der Waals surface area contributed by atoms with E-state index in [-0.39, 0.29) is 17.3 Å². The summed E-state index contributed by atoms with van der Waals surface area (Å²) in [5, 5.41) is 7.39. The van der Waals surface area contributed by atoms with E-state index < -0.39 is 43.8 Å². The van der Waals surface area contributed by atoms with Crippen LogP contribution in [0.4, 0.5) is 11.4 Å². The topological polar surface area (TPSA) is 162 Å². The quantitative estimate of drug-likeness (QED) is 0.293. The van der Waals surface area contributed by atoms with Gasteiger partial charge >= 0.3 is 4.87 Å². The lowest BCUT2D eigenvalue weighted by molar-refractivity contribution is -0.122. The molecule has 1 saturated heterocycles. The van der Waals surface area contributed by atoms with E-state index in [1.165, 1.54) is 33.7 Å². The number of hydrogen-bond acceptors (Lipinski definition) is 9. The number of carbonyl (C=O) groups excluding carboxylic acids is 3. The van der Waals surface area contributed by atoms with E-state index in [1.807, 2.05) is 0 Å². The smallest absolute Gasteiger partial charge is 0.308 e. The van der Waals surface area contributed by atoms with Crippen LogP contribution in [0.2, 0.25) is 0 Å². The number of nitrogens with one attached hydrogen (secondary N) is 1. The molecule has 3 atom stereocenters. The minimum Gasteiger partial charge on any atom is -0.325 e. The monoisotopic (exact) mass is 685 g/mol. The molecule has 0 spiro atoms. The Labute approximate surface area is 255 Å². The first-order valence-electron chi connectivity index (χ1n) is 12.4. The fraction of sp³-hybridized carbons (Fsp3) is 0.148. The molecule has 6 rings (SSSR count). The second-order valence-corrected chi connectivity index (χ2v) is 14.2. The maximum Gasteiger partial charge on any atom is 0.308 e. The average molecular weight is 687 g/mol. The summed E-state index contributed by atoms with van der Waals surface area (Å²) in [5.74, 6) is -2.70. The second kappa shape index (κ2) is 10.9. The minimum atomic E-state index is -3.89. The number of sulfonamides is 1. The van der Waals surface area contributed by atoms with Crippen LogP contribution in [0, 0.1) is 5.92 Å². The predicted molar refractivity (Wildman–Crippen MR) is 161 cm³/mol. The highest BCUT2D eigenvalue weighted by molar-refractivity contribution is 9.10. The van der Waals surface area contributed by atoms with E-state index >= 15 is 0 Å². The van der Waals surface area contributed by atoms with Crippen molar-refractivity contribution in [2.24, 2.45) is 11.1 Å². The normalized spacial score (nSPS) is 19.9. The van der Waals surface area contributed by atoms with Gasteiger partial charge in [-0.15, -0.1) is 0 Å². The summed E-state index contributed by atoms with van der Waals surface area (Å²) in [6, 6.07) is 15.7. The molecule has 2 aromatic carbocycles. The standard InChI is InChI=1S/C27H20BrN5O6S3/c28-15-3-7-17(8-4-15)33-24(35)21-20(14-2-1-11-30-12-14)23-26(40-22(21)25(33)36)32(27(37)41-23)13-19(34)31-16-5-9-18(10-6-16)42(29,38)39/h1-12,20-22H,13H2,(H,31,34)(H2,29,38,39). The molecular formula is C27H20BrN5O6S3. The first-order chi connectivity index (χ1) is 20.0. The fourth-order valence-electron chi connectivity index (χ4n) is 5.09. The highest BCUT2D eigenvalue weighted by Crippen LogP contribution is 2.53. The number of nitrogens with two attached hydrogens (primary N) is 1. The Hall–Kier alpha value is -3.63. The first kappa shape index (κ1) is 28.5. The maximum atomic E-state index is 13.9. The molecule has 3 unspecified atom stereocenters. The summed E-state index contributed by atoms with van der Waals surface area (Å²) in [5.41, 5.74) is 1.44. The minimum absolute atomic E-state index is 0.107. The Morgan fingerprint density at radius 3 is 2.38 bits per heavy atom. The molecule has 4 aromatic rings. The SMILES string of the molecule is NS(=O)(=O)c1ccc(NC(=O)Cn2c3c(sc2=O)C(c2cccnc2)C2C(=O)N(c4ccc(Br)cc4)C(=O)C2S3)cc1. The van der Waals surface area contributed by atoms with Crippen molar-refractivity contribution in [1.29, 1.82) is 0 Å². The van der Waals surface area contributed by atoms with Crippen LogP contribution >= 0.6 is 39.0 Å². The molecule has 0 saturated carbocycles. The summed E-state index contributed by atoms with van der Waals surface area (Å²) in [7, 11) is -3.89. The molecule has 2 aromatic heterocycles. The van der Waals surface area contributed by atoms with Crippen molar-refractivity contribution < 1.29 is 22.8 Å². The summed E-state index contributed by atoms with van der Waals surface area (Å²) in [6.45, 7) is -0.357. The number of aromatic nitrogens is 2. The molecule has 0 radical (unpaired) electrons. The number of thiazole rings is 1. The molecule has 15 heteroatoms. The van der Waals surface area contributed by atoms with E-state index in [0.717, 1.165) is 27.6 Å². The molecule has 214 valence electrons. The number of hydrogen-bond donors (Lipinski definition) is 2. The Morgan fingerprint density at radius 1 is 1.02 bits per heavy atom. The lowest BCUT2D eigenvalue weighted by Crippen LogP contribution is -2.33. The van der Waals surface area contributed by atoms with Crippen molar-refractivity contribution in [3.63, 3.8) is 0 Å². The third-order valence-corrected chi connectivity index (χ3v) is 11.0. The Balaban J connectivity index is 1.35. The molecule has 3 N–H and O–H groups in total. The number of benzene rings is 2. The highest BCUT2D eigenvalue weighted by atomic mass is 79.9. The van der Waals surface area contributed by atoms with Crippen molar-refractivity contribution in [3.05, 3.63) is 97.6 Å². The molecule has 3 amide bonds. The van der Waals surface area contributed by atoms with Gasteiger partial charge in [0.25, 0.3) is 0 Å². The van der Waals surface area contributed by atoms with Crippen LogP contribution in [0.3, 0.4) is 0 Å². The molecule has 42 heavy (non-hydrogen) atoms. The third-order valence-electron chi connectivity index (χ3n) is 6.95. The largest absolute Gasteiger partial charge is 0.325 e. The van der Waals surface area contributed by atoms with Crippen molar-refractivity contribution in [2.45, 2.75) is 27.6 Å². The maximum absolute atomic E-state index is 13.9. The first-order valence-corrected chi connectivity index (χ1v) is 16.4. The van der Waals surface area contributed by atoms with Gasteiger partial charge < -0.3 is 5.32 Å². The van der Waals surface area contributed by atoms with Gasteiger partial charge in [-0.25, -0.2) is 18.5 Å². The van der Waals surface area contributed by atoms with Crippen LogP contribution < -0.4 is 20.2 Å². The van der Waals surface area contributed by atoms with E-state index in [2.05, 4.69) is 26.2 Å². The number of primary sulfonamides is 1. The van der Waals surface area contributed by atoms with Gasteiger partial charge in [-0.05, 0) is 60.2 Å². The number of thioether (sulfide) groups is 1. The van der Waals surface area contributed by atoms with Gasteiger partial charge in [-0.1, -0.05) is 45.1 Å². The van der Waals surface area contributed by atoms with E-state index in [4.69, 9.17) is 5.14 Å². The number of fused-ring (bicyclic) bond motifs is 2. The van der Waals surface area contributed by atoms with Gasteiger partial charge in [0, 0.05) is 33.3 Å². The van der Waals surface area contributed by atoms with E-state index in [1.54, 1.807) is 48.8 Å². The molecule has 11 nitrogen and oxygen atoms in total. The zero-order valence-electron chi connectivity index (χ0n) is 21.3. The zero-order chi connectivity index (χ0) is 29.8. The number of amides is 3. The van der Waals surface area contributed by atoms with Crippen molar-refractivity contribution in [3.8, 4) is 0 Å². The number of nitrogens with zero attached hydrogens (tertiary/aromatic N) is 3. The second-order valence-electron chi connectivity index (χ2n) is 9.56. The number of rotatable bonds is 6. The van der Waals surface area contributed by atoms with Gasteiger partial charge in [0.05, 0.1) is 21.5 Å². The predicted octanol–water partition coefficient (Wildman–Crippen LogP) is 3.15. The van der Waals surface area contributed by atoms with Crippen LogP contribution in [0.25, 0.3) is 0 Å². The Morgan fingerprint density at radius 2 is 1.74 bits per heavy atom. The van der Waals surface area contributed by atoms with Crippen LogP contribution in [0.1, 0.15) is 16.4 Å². The van der Waals surface area contributed by atoms with Crippen molar-refractivity contribution >= 4 is 78.1 Å². The number of imide groups is 1. The lowest BCUT2D eigenvalue weighted by atomic mass is 9.84. The highest BCUT2D eigenvalue weighted by Gasteiger charge is 2.56. The van der Waals surface area contributed by atoms with Crippen LogP contribution in [0.15, 0.2) is 92.2 Å². The summed E-state index contributed by atoms with van der Waals surface area (Å²) in [6.07, 6.45) is 3.22. The van der Waals surface area contributed by atoms with Crippen LogP contribution in [0.5, 0.6) is 0 Å². The summed E-state index contributed by atoms with van der Waals surface area (Å²) >= 11 is 5.42. The van der Waals surface area contributed by atoms with E-state index in [9.17, 15) is 27.6 Å². The number of halogens is 1. The van der Waals surface area contributed by atoms with Crippen LogP contribution in [-0.2, 0) is 31.0 Å². The van der Waals surface area contributed by atoms with Crippen LogP contribution in [-0.4, -0.2) is 40.9 Å². The fourth-order valence-corrected chi connectivity index (χ4v) is 8.64. The van der Waals surface area contributed by atoms with Crippen molar-refractivity contribution in [1.82, 2.24) is 9.55 Å². The average Bonchev–Trinajstić information content (AvgIpc) is 3.40. The summed E-state index contributed by atoms with van der Waals surface area (Å²) < 4.78 is 25.1. The molecule has 2 aliphatic rings. The number of carbonyl (C=O) groups is 3. The lowest BCUT2D eigenvalue weighted by Gasteiger charge is -2.30. The zero-order valence-corrected chi connectivity index (χ0v) is 25.4. The van der Waals surface area contributed by atoms with Gasteiger partial charge in [0.15, 0.2) is 0 Å². The molecule has 4 heterocycles.